The van der Waals surface area contributed by atoms with Crippen molar-refractivity contribution in [3.63, 3.8) is 0 Å². The van der Waals surface area contributed by atoms with E-state index in [-0.39, 0.29) is 0 Å². The molecule has 0 saturated carbocycles. The lowest BCUT2D eigenvalue weighted by Crippen LogP contribution is -2.23. The second kappa shape index (κ2) is 7.84. The SMILES string of the molecule is CCCNC(CCc1ccnn1C)c1ccccc1OC. The van der Waals surface area contributed by atoms with Crippen LogP contribution in [0.15, 0.2) is 36.5 Å². The van der Waals surface area contributed by atoms with Crippen molar-refractivity contribution in [2.45, 2.75) is 32.2 Å². The van der Waals surface area contributed by atoms with Gasteiger partial charge in [-0.3, -0.25) is 4.68 Å². The molecule has 1 N–H and O–H groups in total. The first-order chi connectivity index (χ1) is 10.3. The highest BCUT2D eigenvalue weighted by molar-refractivity contribution is 5.36. The van der Waals surface area contributed by atoms with Crippen LogP contribution in [-0.4, -0.2) is 23.4 Å². The number of hydrogen-bond acceptors (Lipinski definition) is 3. The van der Waals surface area contributed by atoms with Crippen LogP contribution in [0.3, 0.4) is 0 Å². The van der Waals surface area contributed by atoms with Gasteiger partial charge in [0.05, 0.1) is 7.11 Å². The minimum absolute atomic E-state index is 0.302. The van der Waals surface area contributed by atoms with E-state index < -0.39 is 0 Å². The molecule has 0 bridgehead atoms. The number of aryl methyl sites for hydroxylation is 2. The summed E-state index contributed by atoms with van der Waals surface area (Å²) < 4.78 is 7.45. The maximum absolute atomic E-state index is 5.51. The van der Waals surface area contributed by atoms with E-state index in [1.165, 1.54) is 11.3 Å². The molecule has 0 fully saturated rings. The van der Waals surface area contributed by atoms with E-state index in [4.69, 9.17) is 4.74 Å². The number of benzene rings is 1. The summed E-state index contributed by atoms with van der Waals surface area (Å²) in [7, 11) is 3.73. The van der Waals surface area contributed by atoms with Crippen LogP contribution in [0.2, 0.25) is 0 Å². The zero-order chi connectivity index (χ0) is 15.1. The average molecular weight is 287 g/mol. The number of methoxy groups -OCH3 is 1. The molecule has 0 spiro atoms. The van der Waals surface area contributed by atoms with Crippen LogP contribution >= 0.6 is 0 Å². The van der Waals surface area contributed by atoms with Crippen LogP contribution in [0.1, 0.15) is 37.1 Å². The van der Waals surface area contributed by atoms with Crippen LogP contribution < -0.4 is 10.1 Å². The third kappa shape index (κ3) is 4.08. The second-order valence-electron chi connectivity index (χ2n) is 5.23. The molecule has 0 amide bonds. The number of hydrogen-bond donors (Lipinski definition) is 1. The minimum atomic E-state index is 0.302. The topological polar surface area (TPSA) is 39.1 Å². The molecule has 2 rings (SSSR count). The highest BCUT2D eigenvalue weighted by Crippen LogP contribution is 2.28. The lowest BCUT2D eigenvalue weighted by molar-refractivity contribution is 0.394. The first-order valence-corrected chi connectivity index (χ1v) is 7.59. The molecule has 21 heavy (non-hydrogen) atoms. The molecule has 0 aliphatic carbocycles. The van der Waals surface area contributed by atoms with Crippen molar-refractivity contribution in [2.75, 3.05) is 13.7 Å². The number of ether oxygens (including phenoxy) is 1. The van der Waals surface area contributed by atoms with Gasteiger partial charge in [-0.05, 0) is 37.9 Å². The van der Waals surface area contributed by atoms with Crippen molar-refractivity contribution in [1.82, 2.24) is 15.1 Å². The van der Waals surface area contributed by atoms with Crippen molar-refractivity contribution >= 4 is 0 Å². The number of nitrogens with zero attached hydrogens (tertiary/aromatic N) is 2. The van der Waals surface area contributed by atoms with Gasteiger partial charge in [0.2, 0.25) is 0 Å². The van der Waals surface area contributed by atoms with Gasteiger partial charge < -0.3 is 10.1 Å². The maximum Gasteiger partial charge on any atom is 0.123 e. The van der Waals surface area contributed by atoms with E-state index in [1.54, 1.807) is 7.11 Å². The molecule has 0 radical (unpaired) electrons. The number of rotatable bonds is 8. The smallest absolute Gasteiger partial charge is 0.123 e. The van der Waals surface area contributed by atoms with Crippen molar-refractivity contribution in [3.05, 3.63) is 47.8 Å². The molecular weight excluding hydrogens is 262 g/mol. The number of para-hydroxylation sites is 1. The minimum Gasteiger partial charge on any atom is -0.496 e. The molecule has 0 aliphatic rings. The monoisotopic (exact) mass is 287 g/mol. The summed E-state index contributed by atoms with van der Waals surface area (Å²) >= 11 is 0. The normalized spacial score (nSPS) is 12.3. The molecule has 1 aromatic carbocycles. The second-order valence-corrected chi connectivity index (χ2v) is 5.23. The molecule has 0 saturated heterocycles. The third-order valence-corrected chi connectivity index (χ3v) is 3.77. The predicted octanol–water partition coefficient (Wildman–Crippen LogP) is 3.10. The maximum atomic E-state index is 5.51. The molecular formula is C17H25N3O. The Bertz CT molecular complexity index is 550. The van der Waals surface area contributed by atoms with Gasteiger partial charge in [0.1, 0.15) is 5.75 Å². The van der Waals surface area contributed by atoms with E-state index >= 15 is 0 Å². The van der Waals surface area contributed by atoms with Gasteiger partial charge in [0.15, 0.2) is 0 Å². The lowest BCUT2D eigenvalue weighted by atomic mass is 9.99. The Kier molecular flexibility index (Phi) is 5.81. The Morgan fingerprint density at radius 1 is 1.29 bits per heavy atom. The molecule has 1 aromatic heterocycles. The van der Waals surface area contributed by atoms with Crippen LogP contribution in [0, 0.1) is 0 Å². The Balaban J connectivity index is 2.12. The largest absolute Gasteiger partial charge is 0.496 e. The molecule has 4 heteroatoms. The molecule has 1 atom stereocenters. The van der Waals surface area contributed by atoms with E-state index in [1.807, 2.05) is 30.1 Å². The fourth-order valence-corrected chi connectivity index (χ4v) is 2.58. The van der Waals surface area contributed by atoms with Crippen molar-refractivity contribution in [1.29, 1.82) is 0 Å². The Hall–Kier alpha value is -1.81. The van der Waals surface area contributed by atoms with Gasteiger partial charge in [-0.15, -0.1) is 0 Å². The van der Waals surface area contributed by atoms with E-state index in [9.17, 15) is 0 Å². The van der Waals surface area contributed by atoms with Crippen molar-refractivity contribution < 1.29 is 4.74 Å². The fourth-order valence-electron chi connectivity index (χ4n) is 2.58. The Labute approximate surface area is 127 Å². The van der Waals surface area contributed by atoms with Crippen LogP contribution in [0.25, 0.3) is 0 Å². The summed E-state index contributed by atoms with van der Waals surface area (Å²) in [6.45, 7) is 3.20. The van der Waals surface area contributed by atoms with Gasteiger partial charge in [0, 0.05) is 30.5 Å². The van der Waals surface area contributed by atoms with E-state index in [0.717, 1.165) is 31.6 Å². The summed E-state index contributed by atoms with van der Waals surface area (Å²) in [5.41, 5.74) is 2.49. The lowest BCUT2D eigenvalue weighted by Gasteiger charge is -2.21. The number of aromatic nitrogens is 2. The summed E-state index contributed by atoms with van der Waals surface area (Å²) in [4.78, 5) is 0. The van der Waals surface area contributed by atoms with Gasteiger partial charge in [-0.2, -0.15) is 5.10 Å². The first kappa shape index (κ1) is 15.6. The molecule has 2 aromatic rings. The van der Waals surface area contributed by atoms with Crippen molar-refractivity contribution in [2.24, 2.45) is 7.05 Å². The fraction of sp³-hybridized carbons (Fsp3) is 0.471. The first-order valence-electron chi connectivity index (χ1n) is 7.59. The Morgan fingerprint density at radius 2 is 2.10 bits per heavy atom. The van der Waals surface area contributed by atoms with Crippen molar-refractivity contribution in [3.8, 4) is 5.75 Å². The van der Waals surface area contributed by atoms with Crippen LogP contribution in [0.5, 0.6) is 5.75 Å². The molecule has 0 aliphatic heterocycles. The van der Waals surface area contributed by atoms with Gasteiger partial charge in [-0.25, -0.2) is 0 Å². The summed E-state index contributed by atoms with van der Waals surface area (Å²) in [6.07, 6.45) is 5.00. The highest BCUT2D eigenvalue weighted by Gasteiger charge is 2.15. The van der Waals surface area contributed by atoms with E-state index in [2.05, 4.69) is 35.5 Å². The van der Waals surface area contributed by atoms with Crippen LogP contribution in [0.4, 0.5) is 0 Å². The molecule has 1 heterocycles. The molecule has 114 valence electrons. The summed E-state index contributed by atoms with van der Waals surface area (Å²) in [5.74, 6) is 0.955. The molecule has 4 nitrogen and oxygen atoms in total. The quantitative estimate of drug-likeness (QED) is 0.811. The third-order valence-electron chi connectivity index (χ3n) is 3.77. The van der Waals surface area contributed by atoms with E-state index in [0.29, 0.717) is 6.04 Å². The average Bonchev–Trinajstić information content (AvgIpc) is 2.93. The van der Waals surface area contributed by atoms with Gasteiger partial charge in [-0.1, -0.05) is 25.1 Å². The summed E-state index contributed by atoms with van der Waals surface area (Å²) in [6, 6.07) is 10.6. The summed E-state index contributed by atoms with van der Waals surface area (Å²) in [5, 5.41) is 7.87. The zero-order valence-corrected chi connectivity index (χ0v) is 13.2. The predicted molar refractivity (Wildman–Crippen MR) is 85.6 cm³/mol. The standard InChI is InChI=1S/C17H25N3O/c1-4-12-18-16(10-9-14-11-13-19-20(14)2)15-7-5-6-8-17(15)21-3/h5-8,11,13,16,18H,4,9-10,12H2,1-3H3. The van der Waals surface area contributed by atoms with Gasteiger partial charge in [0.25, 0.3) is 0 Å². The Morgan fingerprint density at radius 3 is 2.76 bits per heavy atom. The van der Waals surface area contributed by atoms with Crippen LogP contribution in [-0.2, 0) is 13.5 Å². The molecule has 1 unspecified atom stereocenters. The van der Waals surface area contributed by atoms with Gasteiger partial charge >= 0.3 is 0 Å². The highest BCUT2D eigenvalue weighted by atomic mass is 16.5. The zero-order valence-electron chi connectivity index (χ0n) is 13.2. The number of nitrogens with one attached hydrogen (secondary N) is 1.